The lowest BCUT2D eigenvalue weighted by Gasteiger charge is -2.23. The van der Waals surface area contributed by atoms with Crippen LogP contribution >= 0.6 is 11.6 Å². The van der Waals surface area contributed by atoms with Gasteiger partial charge in [-0.3, -0.25) is 14.5 Å². The fraction of sp³-hybridized carbons (Fsp3) is 0.429. The number of halogens is 1. The van der Waals surface area contributed by atoms with Crippen molar-refractivity contribution in [1.29, 1.82) is 0 Å². The molecular formula is C14H20ClN3O2. The Labute approximate surface area is 124 Å². The molecule has 0 unspecified atom stereocenters. The Balaban J connectivity index is 2.49. The third-order valence-corrected chi connectivity index (χ3v) is 3.16. The molecule has 1 aromatic carbocycles. The average molecular weight is 298 g/mol. The van der Waals surface area contributed by atoms with Crippen LogP contribution in [0.25, 0.3) is 0 Å². The van der Waals surface area contributed by atoms with Gasteiger partial charge in [0.2, 0.25) is 11.8 Å². The van der Waals surface area contributed by atoms with Crippen molar-refractivity contribution in [3.8, 4) is 0 Å². The highest BCUT2D eigenvalue weighted by Gasteiger charge is 2.19. The van der Waals surface area contributed by atoms with Gasteiger partial charge in [-0.2, -0.15) is 0 Å². The van der Waals surface area contributed by atoms with E-state index in [-0.39, 0.29) is 24.4 Å². The van der Waals surface area contributed by atoms with Crippen LogP contribution in [0.1, 0.15) is 13.8 Å². The van der Waals surface area contributed by atoms with Crippen molar-refractivity contribution in [3.63, 3.8) is 0 Å². The summed E-state index contributed by atoms with van der Waals surface area (Å²) in [4.78, 5) is 25.2. The highest BCUT2D eigenvalue weighted by Crippen LogP contribution is 2.13. The van der Waals surface area contributed by atoms with Crippen LogP contribution in [0.15, 0.2) is 24.3 Å². The molecule has 0 heterocycles. The molecule has 0 saturated heterocycles. The van der Waals surface area contributed by atoms with E-state index in [1.807, 2.05) is 6.92 Å². The number of carbonyl (C=O) groups excluding carboxylic acids is 2. The molecule has 2 amide bonds. The molecule has 5 nitrogen and oxygen atoms in total. The first-order valence-electron chi connectivity index (χ1n) is 6.47. The number of amides is 2. The molecule has 0 aliphatic heterocycles. The number of likely N-dealkylation sites (N-methyl/N-ethyl adjacent to an activating group) is 2. The van der Waals surface area contributed by atoms with E-state index in [9.17, 15) is 9.59 Å². The summed E-state index contributed by atoms with van der Waals surface area (Å²) in [6.45, 7) is 4.34. The molecule has 0 aromatic heterocycles. The number of benzene rings is 1. The van der Waals surface area contributed by atoms with Crippen LogP contribution in [0.5, 0.6) is 0 Å². The molecule has 0 saturated carbocycles. The van der Waals surface area contributed by atoms with Crippen molar-refractivity contribution in [2.45, 2.75) is 19.9 Å². The Morgan fingerprint density at radius 2 is 1.90 bits per heavy atom. The first-order valence-corrected chi connectivity index (χ1v) is 6.85. The minimum atomic E-state index is -0.356. The van der Waals surface area contributed by atoms with Gasteiger partial charge in [0.15, 0.2) is 0 Å². The normalized spacial score (nSPS) is 12.1. The summed E-state index contributed by atoms with van der Waals surface area (Å²) in [6.07, 6.45) is 0. The number of hydrogen-bond acceptors (Lipinski definition) is 3. The zero-order valence-electron chi connectivity index (χ0n) is 11.9. The molecule has 1 atom stereocenters. The van der Waals surface area contributed by atoms with Crippen molar-refractivity contribution in [3.05, 3.63) is 29.3 Å². The molecule has 20 heavy (non-hydrogen) atoms. The van der Waals surface area contributed by atoms with Crippen LogP contribution in [0, 0.1) is 0 Å². The highest BCUT2D eigenvalue weighted by atomic mass is 35.5. The fourth-order valence-electron chi connectivity index (χ4n) is 1.62. The van der Waals surface area contributed by atoms with Crippen molar-refractivity contribution in [1.82, 2.24) is 10.2 Å². The maximum Gasteiger partial charge on any atom is 0.238 e. The van der Waals surface area contributed by atoms with Crippen LogP contribution in [0.4, 0.5) is 5.69 Å². The Bertz CT molecular complexity index is 462. The van der Waals surface area contributed by atoms with Gasteiger partial charge in [0.25, 0.3) is 0 Å². The van der Waals surface area contributed by atoms with Crippen molar-refractivity contribution in [2.24, 2.45) is 0 Å². The SMILES string of the molecule is CCNC(=O)[C@@H](C)N(C)CC(=O)Nc1ccc(Cl)cc1. The summed E-state index contributed by atoms with van der Waals surface area (Å²) in [6, 6.07) is 6.52. The van der Waals surface area contributed by atoms with E-state index in [0.717, 1.165) is 0 Å². The lowest BCUT2D eigenvalue weighted by molar-refractivity contribution is -0.126. The maximum atomic E-state index is 11.9. The molecule has 1 aromatic rings. The summed E-state index contributed by atoms with van der Waals surface area (Å²) >= 11 is 5.77. The van der Waals surface area contributed by atoms with Gasteiger partial charge in [-0.1, -0.05) is 11.6 Å². The summed E-state index contributed by atoms with van der Waals surface area (Å²) in [7, 11) is 1.74. The minimum absolute atomic E-state index is 0.0886. The molecule has 2 N–H and O–H groups in total. The zero-order chi connectivity index (χ0) is 15.1. The van der Waals surface area contributed by atoms with Gasteiger partial charge in [0.1, 0.15) is 0 Å². The summed E-state index contributed by atoms with van der Waals surface area (Å²) < 4.78 is 0. The topological polar surface area (TPSA) is 61.4 Å². The largest absolute Gasteiger partial charge is 0.355 e. The van der Waals surface area contributed by atoms with Gasteiger partial charge >= 0.3 is 0 Å². The molecule has 0 spiro atoms. The summed E-state index contributed by atoms with van der Waals surface area (Å²) in [5.41, 5.74) is 0.679. The fourth-order valence-corrected chi connectivity index (χ4v) is 1.75. The van der Waals surface area contributed by atoms with E-state index >= 15 is 0 Å². The van der Waals surface area contributed by atoms with Gasteiger partial charge in [0, 0.05) is 17.3 Å². The molecule has 1 rings (SSSR count). The van der Waals surface area contributed by atoms with E-state index in [2.05, 4.69) is 10.6 Å². The second kappa shape index (κ2) is 7.87. The first-order chi connectivity index (χ1) is 9.43. The first kappa shape index (κ1) is 16.5. The lowest BCUT2D eigenvalue weighted by Crippen LogP contribution is -2.45. The van der Waals surface area contributed by atoms with Gasteiger partial charge in [-0.25, -0.2) is 0 Å². The van der Waals surface area contributed by atoms with Crippen LogP contribution in [-0.2, 0) is 9.59 Å². The Morgan fingerprint density at radius 3 is 2.45 bits per heavy atom. The molecule has 6 heteroatoms. The number of anilines is 1. The second-order valence-electron chi connectivity index (χ2n) is 4.54. The van der Waals surface area contributed by atoms with Crippen LogP contribution in [0.2, 0.25) is 5.02 Å². The molecule has 0 radical (unpaired) electrons. The minimum Gasteiger partial charge on any atom is -0.355 e. The Kier molecular flexibility index (Phi) is 6.48. The average Bonchev–Trinajstić information content (AvgIpc) is 2.40. The monoisotopic (exact) mass is 297 g/mol. The third-order valence-electron chi connectivity index (χ3n) is 2.91. The second-order valence-corrected chi connectivity index (χ2v) is 4.98. The highest BCUT2D eigenvalue weighted by molar-refractivity contribution is 6.30. The number of carbonyl (C=O) groups is 2. The van der Waals surface area contributed by atoms with E-state index in [1.54, 1.807) is 43.1 Å². The predicted molar refractivity (Wildman–Crippen MR) is 80.9 cm³/mol. The van der Waals surface area contributed by atoms with E-state index in [4.69, 9.17) is 11.6 Å². The standard InChI is InChI=1S/C14H20ClN3O2/c1-4-16-14(20)10(2)18(3)9-13(19)17-12-7-5-11(15)6-8-12/h5-8,10H,4,9H2,1-3H3,(H,16,20)(H,17,19)/t10-/m1/s1. The van der Waals surface area contributed by atoms with Crippen molar-refractivity contribution in [2.75, 3.05) is 25.5 Å². The van der Waals surface area contributed by atoms with E-state index in [1.165, 1.54) is 0 Å². The number of nitrogens with one attached hydrogen (secondary N) is 2. The molecule has 0 aliphatic rings. The smallest absolute Gasteiger partial charge is 0.238 e. The zero-order valence-corrected chi connectivity index (χ0v) is 12.7. The number of hydrogen-bond donors (Lipinski definition) is 2. The van der Waals surface area contributed by atoms with Crippen LogP contribution in [-0.4, -0.2) is 42.9 Å². The quantitative estimate of drug-likeness (QED) is 0.841. The molecule has 110 valence electrons. The Hall–Kier alpha value is -1.59. The Morgan fingerprint density at radius 1 is 1.30 bits per heavy atom. The summed E-state index contributed by atoms with van der Waals surface area (Å²) in [5.74, 6) is -0.264. The predicted octanol–water partition coefficient (Wildman–Crippen LogP) is 1.73. The molecular weight excluding hydrogens is 278 g/mol. The third kappa shape index (κ3) is 5.19. The van der Waals surface area contributed by atoms with Crippen LogP contribution in [0.3, 0.4) is 0 Å². The van der Waals surface area contributed by atoms with E-state index in [0.29, 0.717) is 17.3 Å². The van der Waals surface area contributed by atoms with E-state index < -0.39 is 0 Å². The number of nitrogens with zero attached hydrogens (tertiary/aromatic N) is 1. The van der Waals surface area contributed by atoms with Crippen molar-refractivity contribution < 1.29 is 9.59 Å². The lowest BCUT2D eigenvalue weighted by atomic mass is 10.2. The summed E-state index contributed by atoms with van der Waals surface area (Å²) in [5, 5.41) is 6.10. The maximum absolute atomic E-state index is 11.9. The van der Waals surface area contributed by atoms with Crippen LogP contribution < -0.4 is 10.6 Å². The molecule has 0 bridgehead atoms. The van der Waals surface area contributed by atoms with Gasteiger partial charge in [0.05, 0.1) is 12.6 Å². The van der Waals surface area contributed by atoms with Gasteiger partial charge < -0.3 is 10.6 Å². The van der Waals surface area contributed by atoms with Crippen molar-refractivity contribution >= 4 is 29.1 Å². The van der Waals surface area contributed by atoms with Gasteiger partial charge in [-0.15, -0.1) is 0 Å². The molecule has 0 aliphatic carbocycles. The number of rotatable bonds is 6. The molecule has 0 fully saturated rings. The van der Waals surface area contributed by atoms with Gasteiger partial charge in [-0.05, 0) is 45.2 Å².